The first-order chi connectivity index (χ1) is 13.8. The molecule has 2 aromatic heterocycles. The van der Waals surface area contributed by atoms with Crippen LogP contribution >= 0.6 is 0 Å². The number of H-pyrrole nitrogens is 1. The lowest BCUT2D eigenvalue weighted by Crippen LogP contribution is -2.37. The van der Waals surface area contributed by atoms with E-state index in [1.54, 1.807) is 0 Å². The van der Waals surface area contributed by atoms with E-state index in [1.165, 1.54) is 24.1 Å². The summed E-state index contributed by atoms with van der Waals surface area (Å²) in [6, 6.07) is 7.97. The smallest absolute Gasteiger partial charge is 0.209 e. The van der Waals surface area contributed by atoms with Gasteiger partial charge in [-0.15, -0.1) is 0 Å². The molecule has 0 amide bonds. The van der Waals surface area contributed by atoms with E-state index in [1.807, 2.05) is 30.5 Å². The summed E-state index contributed by atoms with van der Waals surface area (Å²) in [7, 11) is 0. The van der Waals surface area contributed by atoms with Crippen molar-refractivity contribution in [2.45, 2.75) is 31.8 Å². The maximum absolute atomic E-state index is 5.93. The van der Waals surface area contributed by atoms with Gasteiger partial charge in [-0.1, -0.05) is 12.1 Å². The predicted octanol–water partition coefficient (Wildman–Crippen LogP) is 2.76. The normalized spacial score (nSPS) is 22.1. The molecule has 0 radical (unpaired) electrons. The second kappa shape index (κ2) is 8.03. The molecule has 5 rings (SSSR count). The van der Waals surface area contributed by atoms with Gasteiger partial charge in [0.1, 0.15) is 5.52 Å². The topological polar surface area (TPSA) is 70.4 Å². The highest BCUT2D eigenvalue weighted by atomic mass is 16.5. The van der Waals surface area contributed by atoms with Crippen LogP contribution in [0.4, 0.5) is 0 Å². The van der Waals surface area contributed by atoms with Crippen LogP contribution in [-0.2, 0) is 17.8 Å². The minimum Gasteiger partial charge on any atom is -0.439 e. The van der Waals surface area contributed by atoms with Crippen molar-refractivity contribution in [2.24, 2.45) is 0 Å². The quantitative estimate of drug-likeness (QED) is 0.733. The Kier molecular flexibility index (Phi) is 5.12. The number of morpholine rings is 1. The number of rotatable bonds is 5. The van der Waals surface area contributed by atoms with Gasteiger partial charge in [0.05, 0.1) is 26.0 Å². The van der Waals surface area contributed by atoms with E-state index in [0.29, 0.717) is 5.92 Å². The van der Waals surface area contributed by atoms with Crippen LogP contribution in [0, 0.1) is 0 Å². The van der Waals surface area contributed by atoms with E-state index < -0.39 is 0 Å². The Morgan fingerprint density at radius 2 is 1.96 bits per heavy atom. The third-order valence-electron chi connectivity index (χ3n) is 5.86. The molecule has 0 spiro atoms. The van der Waals surface area contributed by atoms with E-state index in [2.05, 4.69) is 25.0 Å². The van der Waals surface area contributed by atoms with Crippen molar-refractivity contribution in [1.29, 1.82) is 0 Å². The number of piperidine rings is 1. The maximum Gasteiger partial charge on any atom is 0.209 e. The number of nitrogens with zero attached hydrogens (tertiary/aromatic N) is 4. The molecule has 0 unspecified atom stereocenters. The molecular weight excluding hydrogens is 354 g/mol. The summed E-state index contributed by atoms with van der Waals surface area (Å²) in [6.45, 7) is 7.47. The first-order valence-electron chi connectivity index (χ1n) is 10.2. The molecule has 2 saturated heterocycles. The number of benzene rings is 1. The summed E-state index contributed by atoms with van der Waals surface area (Å²) in [4.78, 5) is 9.55. The number of hydrogen-bond donors (Lipinski definition) is 1. The second-order valence-corrected chi connectivity index (χ2v) is 7.85. The average molecular weight is 381 g/mol. The molecule has 7 heteroatoms. The second-order valence-electron chi connectivity index (χ2n) is 7.85. The fraction of sp³-hybridized carbons (Fsp3) is 0.524. The molecule has 1 atom stereocenters. The van der Waals surface area contributed by atoms with Crippen molar-refractivity contribution < 1.29 is 9.15 Å². The number of para-hydroxylation sites is 2. The predicted molar refractivity (Wildman–Crippen MR) is 106 cm³/mol. The number of aromatic amines is 1. The van der Waals surface area contributed by atoms with Gasteiger partial charge in [-0.3, -0.25) is 14.9 Å². The van der Waals surface area contributed by atoms with Gasteiger partial charge in [-0.05, 0) is 31.5 Å². The highest BCUT2D eigenvalue weighted by Gasteiger charge is 2.26. The van der Waals surface area contributed by atoms with E-state index in [0.717, 1.165) is 69.5 Å². The standard InChI is InChI=1S/C21H27N5O2/c1-2-6-19-18(5-1)23-20(28-19)15-26-7-3-4-16(13-26)21-17(12-22-24-21)14-25-8-10-27-11-9-25/h1-2,5-6,12,16H,3-4,7-11,13-15H2,(H,22,24)/t16-/m0/s1. The third kappa shape index (κ3) is 3.83. The van der Waals surface area contributed by atoms with Crippen LogP contribution in [0.15, 0.2) is 34.9 Å². The van der Waals surface area contributed by atoms with Gasteiger partial charge in [0, 0.05) is 43.4 Å². The van der Waals surface area contributed by atoms with Gasteiger partial charge >= 0.3 is 0 Å². The minimum absolute atomic E-state index is 0.483. The highest BCUT2D eigenvalue weighted by molar-refractivity contribution is 5.72. The van der Waals surface area contributed by atoms with Crippen LogP contribution in [0.2, 0.25) is 0 Å². The fourth-order valence-corrected chi connectivity index (χ4v) is 4.41. The van der Waals surface area contributed by atoms with Gasteiger partial charge in [0.2, 0.25) is 5.89 Å². The zero-order valence-corrected chi connectivity index (χ0v) is 16.1. The van der Waals surface area contributed by atoms with Crippen LogP contribution in [0.5, 0.6) is 0 Å². The highest BCUT2D eigenvalue weighted by Crippen LogP contribution is 2.29. The van der Waals surface area contributed by atoms with Crippen LogP contribution in [-0.4, -0.2) is 64.4 Å². The van der Waals surface area contributed by atoms with Gasteiger partial charge in [-0.2, -0.15) is 5.10 Å². The molecule has 4 heterocycles. The first kappa shape index (κ1) is 17.8. The summed E-state index contributed by atoms with van der Waals surface area (Å²) in [5.41, 5.74) is 4.43. The lowest BCUT2D eigenvalue weighted by atomic mass is 9.92. The molecule has 0 aliphatic carbocycles. The van der Waals surface area contributed by atoms with Gasteiger partial charge in [0.15, 0.2) is 5.58 Å². The molecule has 1 N–H and O–H groups in total. The van der Waals surface area contributed by atoms with E-state index in [-0.39, 0.29) is 0 Å². The van der Waals surface area contributed by atoms with Gasteiger partial charge in [0.25, 0.3) is 0 Å². The van der Waals surface area contributed by atoms with Crippen LogP contribution in [0.25, 0.3) is 11.1 Å². The van der Waals surface area contributed by atoms with E-state index >= 15 is 0 Å². The summed E-state index contributed by atoms with van der Waals surface area (Å²) in [5, 5.41) is 7.67. The fourth-order valence-electron chi connectivity index (χ4n) is 4.41. The molecular formula is C21H27N5O2. The molecule has 0 saturated carbocycles. The number of likely N-dealkylation sites (tertiary alicyclic amines) is 1. The molecule has 2 aliphatic heterocycles. The summed E-state index contributed by atoms with van der Waals surface area (Å²) < 4.78 is 11.4. The number of fused-ring (bicyclic) bond motifs is 1. The SMILES string of the molecule is c1ccc2oc(CN3CCC[C@H](c4[nH]ncc4CN4CCOCC4)C3)nc2c1. The number of ether oxygens (including phenoxy) is 1. The Balaban J connectivity index is 1.26. The third-order valence-corrected chi connectivity index (χ3v) is 5.86. The van der Waals surface area contributed by atoms with Crippen LogP contribution in [0.3, 0.4) is 0 Å². The molecule has 7 nitrogen and oxygen atoms in total. The number of oxazole rings is 1. The molecule has 2 fully saturated rings. The summed E-state index contributed by atoms with van der Waals surface area (Å²) in [6.07, 6.45) is 4.38. The zero-order valence-electron chi connectivity index (χ0n) is 16.1. The molecule has 3 aromatic rings. The lowest BCUT2D eigenvalue weighted by Gasteiger charge is -2.32. The number of aromatic nitrogens is 3. The van der Waals surface area contributed by atoms with Crippen LogP contribution < -0.4 is 0 Å². The van der Waals surface area contributed by atoms with Crippen molar-refractivity contribution in [2.75, 3.05) is 39.4 Å². The molecule has 148 valence electrons. The largest absolute Gasteiger partial charge is 0.439 e. The maximum atomic E-state index is 5.93. The van der Waals surface area contributed by atoms with Crippen molar-refractivity contribution in [3.63, 3.8) is 0 Å². The first-order valence-corrected chi connectivity index (χ1v) is 10.2. The minimum atomic E-state index is 0.483. The molecule has 2 aliphatic rings. The Bertz CT molecular complexity index is 881. The summed E-state index contributed by atoms with van der Waals surface area (Å²) in [5.74, 6) is 1.29. The lowest BCUT2D eigenvalue weighted by molar-refractivity contribution is 0.0339. The van der Waals surface area contributed by atoms with Crippen molar-refractivity contribution in [3.8, 4) is 0 Å². The van der Waals surface area contributed by atoms with Gasteiger partial charge < -0.3 is 9.15 Å². The monoisotopic (exact) mass is 381 g/mol. The molecule has 1 aromatic carbocycles. The number of nitrogens with one attached hydrogen (secondary N) is 1. The Morgan fingerprint density at radius 1 is 1.07 bits per heavy atom. The Morgan fingerprint density at radius 3 is 2.86 bits per heavy atom. The Hall–Kier alpha value is -2.22. The van der Waals surface area contributed by atoms with E-state index in [9.17, 15) is 0 Å². The molecule has 0 bridgehead atoms. The molecule has 28 heavy (non-hydrogen) atoms. The van der Waals surface area contributed by atoms with Crippen molar-refractivity contribution >= 4 is 11.1 Å². The van der Waals surface area contributed by atoms with Gasteiger partial charge in [-0.25, -0.2) is 4.98 Å². The van der Waals surface area contributed by atoms with Crippen molar-refractivity contribution in [3.05, 3.63) is 47.6 Å². The van der Waals surface area contributed by atoms with E-state index in [4.69, 9.17) is 9.15 Å². The average Bonchev–Trinajstić information content (AvgIpc) is 3.35. The number of hydrogen-bond acceptors (Lipinski definition) is 6. The zero-order chi connectivity index (χ0) is 18.8. The summed E-state index contributed by atoms with van der Waals surface area (Å²) >= 11 is 0. The van der Waals surface area contributed by atoms with Crippen LogP contribution in [0.1, 0.15) is 35.9 Å². The van der Waals surface area contributed by atoms with Crippen molar-refractivity contribution in [1.82, 2.24) is 25.0 Å². The Labute approximate surface area is 164 Å².